The van der Waals surface area contributed by atoms with Crippen molar-refractivity contribution < 1.29 is 10.2 Å². The molecule has 3 saturated carbocycles. The first kappa shape index (κ1) is 17.8. The van der Waals surface area contributed by atoms with Gasteiger partial charge in [-0.2, -0.15) is 0 Å². The molecule has 2 N–H and O–H groups in total. The molecular weight excluding hydrogens is 308 g/mol. The summed E-state index contributed by atoms with van der Waals surface area (Å²) in [5.41, 5.74) is 1.34. The molecule has 4 rings (SSSR count). The summed E-state index contributed by atoms with van der Waals surface area (Å²) in [6, 6.07) is 0. The number of allylic oxidation sites excluding steroid dienone is 2. The SMILES string of the molecule is C=CC[C@@H]1CC2=C[C@@H](O)CC[C@]2(C)C2CC[C@@]3(C)C(CC[C@]3(C)O)C21. The molecule has 0 aliphatic heterocycles. The van der Waals surface area contributed by atoms with E-state index in [0.29, 0.717) is 23.7 Å². The molecule has 2 heteroatoms. The third-order valence-corrected chi connectivity index (χ3v) is 9.30. The maximum absolute atomic E-state index is 11.1. The van der Waals surface area contributed by atoms with Gasteiger partial charge in [0.2, 0.25) is 0 Å². The predicted molar refractivity (Wildman–Crippen MR) is 102 cm³/mol. The fourth-order valence-electron chi connectivity index (χ4n) is 7.55. The van der Waals surface area contributed by atoms with Crippen molar-refractivity contribution in [1.82, 2.24) is 0 Å². The lowest BCUT2D eigenvalue weighted by molar-refractivity contribution is -0.132. The van der Waals surface area contributed by atoms with Gasteiger partial charge >= 0.3 is 0 Å². The lowest BCUT2D eigenvalue weighted by atomic mass is 9.44. The van der Waals surface area contributed by atoms with Crippen LogP contribution in [-0.2, 0) is 0 Å². The number of aliphatic hydroxyl groups excluding tert-OH is 1. The van der Waals surface area contributed by atoms with Crippen molar-refractivity contribution in [1.29, 1.82) is 0 Å². The van der Waals surface area contributed by atoms with Crippen molar-refractivity contribution in [2.75, 3.05) is 0 Å². The monoisotopic (exact) mass is 344 g/mol. The molecule has 25 heavy (non-hydrogen) atoms. The van der Waals surface area contributed by atoms with Crippen molar-refractivity contribution in [3.63, 3.8) is 0 Å². The van der Waals surface area contributed by atoms with Gasteiger partial charge in [0.15, 0.2) is 0 Å². The van der Waals surface area contributed by atoms with Gasteiger partial charge in [-0.1, -0.05) is 31.6 Å². The lowest BCUT2D eigenvalue weighted by Crippen LogP contribution is -2.56. The fraction of sp³-hybridized carbons (Fsp3) is 0.826. The summed E-state index contributed by atoms with van der Waals surface area (Å²) in [5, 5.41) is 21.3. The molecule has 3 fully saturated rings. The zero-order valence-corrected chi connectivity index (χ0v) is 16.3. The maximum atomic E-state index is 11.1. The van der Waals surface area contributed by atoms with Gasteiger partial charge < -0.3 is 10.2 Å². The van der Waals surface area contributed by atoms with Gasteiger partial charge in [0.05, 0.1) is 11.7 Å². The van der Waals surface area contributed by atoms with Crippen LogP contribution in [0.3, 0.4) is 0 Å². The van der Waals surface area contributed by atoms with Crippen LogP contribution < -0.4 is 0 Å². The molecule has 0 saturated heterocycles. The van der Waals surface area contributed by atoms with E-state index < -0.39 is 5.60 Å². The summed E-state index contributed by atoms with van der Waals surface area (Å²) in [5.74, 6) is 2.67. The molecule has 0 radical (unpaired) electrons. The summed E-state index contributed by atoms with van der Waals surface area (Å²) in [4.78, 5) is 0. The van der Waals surface area contributed by atoms with Gasteiger partial charge in [-0.15, -0.1) is 6.58 Å². The number of rotatable bonds is 2. The molecular formula is C23H36O2. The standard InChI is InChI=1S/C23H36O2/c1-5-6-15-13-16-14-17(24)7-10-21(16,2)18-8-11-22(3)19(20(15)18)9-12-23(22,4)25/h5,14-15,17-20,24-25H,1,6-13H2,2-4H3/t15-,17+,18?,19?,20?,21+,22+,23+/m1/s1. The zero-order chi connectivity index (χ0) is 18.0. The molecule has 0 bridgehead atoms. The van der Waals surface area contributed by atoms with Crippen LogP contribution in [0.4, 0.5) is 0 Å². The maximum Gasteiger partial charge on any atom is 0.0724 e. The molecule has 0 amide bonds. The van der Waals surface area contributed by atoms with E-state index >= 15 is 0 Å². The van der Waals surface area contributed by atoms with Crippen molar-refractivity contribution in [2.24, 2.45) is 34.5 Å². The van der Waals surface area contributed by atoms with Gasteiger partial charge in [-0.25, -0.2) is 0 Å². The predicted octanol–water partition coefficient (Wildman–Crippen LogP) is 4.86. The van der Waals surface area contributed by atoms with Crippen molar-refractivity contribution >= 4 is 0 Å². The van der Waals surface area contributed by atoms with Gasteiger partial charge in [-0.05, 0) is 92.8 Å². The van der Waals surface area contributed by atoms with Gasteiger partial charge in [0.1, 0.15) is 0 Å². The van der Waals surface area contributed by atoms with Crippen molar-refractivity contribution in [2.45, 2.75) is 83.8 Å². The molecule has 4 aliphatic carbocycles. The van der Waals surface area contributed by atoms with Gasteiger partial charge in [0.25, 0.3) is 0 Å². The summed E-state index contributed by atoms with van der Waals surface area (Å²) in [7, 11) is 0. The largest absolute Gasteiger partial charge is 0.390 e. The molecule has 3 unspecified atom stereocenters. The third-order valence-electron chi connectivity index (χ3n) is 9.30. The summed E-state index contributed by atoms with van der Waals surface area (Å²) >= 11 is 0. The topological polar surface area (TPSA) is 40.5 Å². The quantitative estimate of drug-likeness (QED) is 0.702. The van der Waals surface area contributed by atoms with Crippen LogP contribution in [0.25, 0.3) is 0 Å². The normalized spacial score (nSPS) is 54.9. The Morgan fingerprint density at radius 3 is 2.56 bits per heavy atom. The first-order valence-electron chi connectivity index (χ1n) is 10.5. The molecule has 0 spiro atoms. The number of hydrogen-bond donors (Lipinski definition) is 2. The van der Waals surface area contributed by atoms with E-state index in [4.69, 9.17) is 0 Å². The summed E-state index contributed by atoms with van der Waals surface area (Å²) in [6.07, 6.45) is 12.8. The molecule has 140 valence electrons. The average Bonchev–Trinajstić information content (AvgIpc) is 2.79. The Hall–Kier alpha value is -0.600. The summed E-state index contributed by atoms with van der Waals surface area (Å²) in [6.45, 7) is 11.0. The highest BCUT2D eigenvalue weighted by Gasteiger charge is 2.63. The van der Waals surface area contributed by atoms with E-state index in [1.807, 2.05) is 0 Å². The lowest BCUT2D eigenvalue weighted by Gasteiger charge is -2.61. The van der Waals surface area contributed by atoms with Crippen LogP contribution in [0, 0.1) is 34.5 Å². The second-order valence-corrected chi connectivity index (χ2v) is 10.3. The zero-order valence-electron chi connectivity index (χ0n) is 16.3. The Labute approximate surface area is 153 Å². The Morgan fingerprint density at radius 1 is 1.12 bits per heavy atom. The van der Waals surface area contributed by atoms with Crippen LogP contribution in [0.5, 0.6) is 0 Å². The number of aliphatic hydroxyl groups is 2. The van der Waals surface area contributed by atoms with E-state index in [1.165, 1.54) is 18.4 Å². The van der Waals surface area contributed by atoms with Gasteiger partial charge in [0, 0.05) is 0 Å². The highest BCUT2D eigenvalue weighted by atomic mass is 16.3. The second kappa shape index (κ2) is 5.70. The van der Waals surface area contributed by atoms with Crippen molar-refractivity contribution in [3.8, 4) is 0 Å². The molecule has 0 heterocycles. The summed E-state index contributed by atoms with van der Waals surface area (Å²) < 4.78 is 0. The van der Waals surface area contributed by atoms with Crippen LogP contribution in [-0.4, -0.2) is 21.9 Å². The van der Waals surface area contributed by atoms with E-state index in [1.54, 1.807) is 0 Å². The number of fused-ring (bicyclic) bond motifs is 5. The average molecular weight is 345 g/mol. The molecule has 0 aromatic carbocycles. The molecule has 0 aromatic heterocycles. The Morgan fingerprint density at radius 2 is 1.84 bits per heavy atom. The molecule has 4 aliphatic rings. The van der Waals surface area contributed by atoms with E-state index in [0.717, 1.165) is 38.5 Å². The van der Waals surface area contributed by atoms with Crippen LogP contribution >= 0.6 is 0 Å². The minimum absolute atomic E-state index is 0.0688. The number of hydrogen-bond acceptors (Lipinski definition) is 2. The van der Waals surface area contributed by atoms with Crippen LogP contribution in [0.15, 0.2) is 24.3 Å². The molecule has 8 atom stereocenters. The van der Waals surface area contributed by atoms with Gasteiger partial charge in [-0.3, -0.25) is 0 Å². The minimum Gasteiger partial charge on any atom is -0.390 e. The highest BCUT2D eigenvalue weighted by molar-refractivity contribution is 5.27. The van der Waals surface area contributed by atoms with E-state index in [9.17, 15) is 10.2 Å². The minimum atomic E-state index is -0.513. The van der Waals surface area contributed by atoms with Crippen molar-refractivity contribution in [3.05, 3.63) is 24.3 Å². The van der Waals surface area contributed by atoms with E-state index in [2.05, 4.69) is 39.5 Å². The molecule has 0 aromatic rings. The Bertz CT molecular complexity index is 591. The fourth-order valence-corrected chi connectivity index (χ4v) is 7.55. The highest BCUT2D eigenvalue weighted by Crippen LogP contribution is 2.69. The second-order valence-electron chi connectivity index (χ2n) is 10.3. The first-order valence-corrected chi connectivity index (χ1v) is 10.5. The van der Waals surface area contributed by atoms with Crippen LogP contribution in [0.2, 0.25) is 0 Å². The Balaban J connectivity index is 1.76. The van der Waals surface area contributed by atoms with Crippen LogP contribution in [0.1, 0.15) is 72.1 Å². The van der Waals surface area contributed by atoms with E-state index in [-0.39, 0.29) is 16.9 Å². The first-order chi connectivity index (χ1) is 11.7. The smallest absolute Gasteiger partial charge is 0.0724 e. The third kappa shape index (κ3) is 2.36. The molecule has 2 nitrogen and oxygen atoms in total. The Kier molecular flexibility index (Phi) is 4.05.